The van der Waals surface area contributed by atoms with Gasteiger partial charge >= 0.3 is 0 Å². The Hall–Kier alpha value is -2.19. The molecule has 0 aliphatic carbocycles. The number of carbonyl (C=O) groups excluding carboxylic acids is 2. The zero-order valence-electron chi connectivity index (χ0n) is 14.5. The topological polar surface area (TPSA) is 92.3 Å². The van der Waals surface area contributed by atoms with Gasteiger partial charge in [-0.2, -0.15) is 0 Å². The Morgan fingerprint density at radius 2 is 1.84 bits per heavy atom. The molecule has 1 aromatic heterocycles. The zero-order chi connectivity index (χ0) is 18.8. The van der Waals surface area contributed by atoms with Crippen LogP contribution >= 0.6 is 11.3 Å². The molecule has 134 valence electrons. The zero-order valence-corrected chi connectivity index (χ0v) is 16.1. The number of carbonyl (C=O) groups is 2. The normalized spacial score (nSPS) is 11.2. The van der Waals surface area contributed by atoms with Crippen molar-refractivity contribution >= 4 is 38.0 Å². The van der Waals surface area contributed by atoms with E-state index in [1.54, 1.807) is 6.92 Å². The van der Waals surface area contributed by atoms with E-state index in [1.807, 2.05) is 13.8 Å². The van der Waals surface area contributed by atoms with Gasteiger partial charge in [-0.1, -0.05) is 13.0 Å². The van der Waals surface area contributed by atoms with Crippen molar-refractivity contribution in [1.29, 1.82) is 0 Å². The van der Waals surface area contributed by atoms with Crippen LogP contribution in [0.25, 0.3) is 0 Å². The maximum atomic E-state index is 12.5. The average molecular weight is 380 g/mol. The van der Waals surface area contributed by atoms with Crippen molar-refractivity contribution in [3.8, 4) is 0 Å². The SMILES string of the molecule is CCS(=O)(=O)c1cccc(C(=O)Nc2sc(C)c(C)c2C(=O)NC)c1. The Kier molecular flexibility index (Phi) is 5.64. The Bertz CT molecular complexity index is 930. The van der Waals surface area contributed by atoms with Crippen LogP contribution in [0.2, 0.25) is 0 Å². The highest BCUT2D eigenvalue weighted by atomic mass is 32.2. The van der Waals surface area contributed by atoms with Gasteiger partial charge in [-0.15, -0.1) is 11.3 Å². The van der Waals surface area contributed by atoms with Crippen molar-refractivity contribution < 1.29 is 18.0 Å². The van der Waals surface area contributed by atoms with Gasteiger partial charge in [-0.3, -0.25) is 9.59 Å². The van der Waals surface area contributed by atoms with Crippen molar-refractivity contribution in [2.45, 2.75) is 25.7 Å². The van der Waals surface area contributed by atoms with Gasteiger partial charge in [0, 0.05) is 17.5 Å². The summed E-state index contributed by atoms with van der Waals surface area (Å²) in [6.45, 7) is 5.24. The summed E-state index contributed by atoms with van der Waals surface area (Å²) >= 11 is 1.31. The van der Waals surface area contributed by atoms with Gasteiger partial charge in [0.15, 0.2) is 9.84 Å². The second-order valence-corrected chi connectivity index (χ2v) is 8.95. The first-order chi connectivity index (χ1) is 11.7. The summed E-state index contributed by atoms with van der Waals surface area (Å²) in [5.41, 5.74) is 1.46. The first kappa shape index (κ1) is 19.1. The minimum atomic E-state index is -3.40. The molecule has 0 atom stereocenters. The molecule has 2 rings (SSSR count). The van der Waals surface area contributed by atoms with Crippen LogP contribution in [0.15, 0.2) is 29.2 Å². The molecule has 0 bridgehead atoms. The number of sulfone groups is 1. The number of aryl methyl sites for hydroxylation is 1. The quantitative estimate of drug-likeness (QED) is 0.834. The third-order valence-corrected chi connectivity index (χ3v) is 6.76. The van der Waals surface area contributed by atoms with E-state index in [1.165, 1.54) is 42.6 Å². The predicted octanol–water partition coefficient (Wildman–Crippen LogP) is 2.77. The third-order valence-electron chi connectivity index (χ3n) is 3.90. The van der Waals surface area contributed by atoms with Crippen molar-refractivity contribution in [2.24, 2.45) is 0 Å². The van der Waals surface area contributed by atoms with Gasteiger partial charge in [-0.05, 0) is 37.6 Å². The van der Waals surface area contributed by atoms with Gasteiger partial charge in [0.05, 0.1) is 16.2 Å². The van der Waals surface area contributed by atoms with E-state index in [0.717, 1.165) is 10.4 Å². The fourth-order valence-corrected chi connectivity index (χ4v) is 4.26. The number of benzene rings is 1. The fourth-order valence-electron chi connectivity index (χ4n) is 2.29. The van der Waals surface area contributed by atoms with Crippen LogP contribution < -0.4 is 10.6 Å². The average Bonchev–Trinajstić information content (AvgIpc) is 2.88. The van der Waals surface area contributed by atoms with Gasteiger partial charge in [0.25, 0.3) is 11.8 Å². The third kappa shape index (κ3) is 3.91. The Balaban J connectivity index is 2.37. The summed E-state index contributed by atoms with van der Waals surface area (Å²) in [6, 6.07) is 5.88. The highest BCUT2D eigenvalue weighted by Crippen LogP contribution is 2.32. The Labute approximate surface area is 151 Å². The smallest absolute Gasteiger partial charge is 0.256 e. The fraction of sp³-hybridized carbons (Fsp3) is 0.294. The molecule has 8 heteroatoms. The monoisotopic (exact) mass is 380 g/mol. The van der Waals surface area contributed by atoms with E-state index in [-0.39, 0.29) is 22.1 Å². The van der Waals surface area contributed by atoms with Crippen LogP contribution in [-0.4, -0.2) is 33.0 Å². The second kappa shape index (κ2) is 7.37. The molecule has 0 fully saturated rings. The van der Waals surface area contributed by atoms with E-state index in [2.05, 4.69) is 10.6 Å². The molecule has 0 radical (unpaired) electrons. The number of hydrogen-bond donors (Lipinski definition) is 2. The minimum Gasteiger partial charge on any atom is -0.355 e. The largest absolute Gasteiger partial charge is 0.355 e. The van der Waals surface area contributed by atoms with Crippen molar-refractivity contribution in [1.82, 2.24) is 5.32 Å². The lowest BCUT2D eigenvalue weighted by Crippen LogP contribution is -2.21. The number of hydrogen-bond acceptors (Lipinski definition) is 5. The number of thiophene rings is 1. The van der Waals surface area contributed by atoms with E-state index in [9.17, 15) is 18.0 Å². The van der Waals surface area contributed by atoms with E-state index < -0.39 is 15.7 Å². The van der Waals surface area contributed by atoms with Gasteiger partial charge < -0.3 is 10.6 Å². The maximum Gasteiger partial charge on any atom is 0.256 e. The first-order valence-corrected chi connectivity index (χ1v) is 10.1. The molecule has 0 saturated carbocycles. The number of nitrogens with one attached hydrogen (secondary N) is 2. The van der Waals surface area contributed by atoms with Crippen LogP contribution in [0.5, 0.6) is 0 Å². The molecule has 6 nitrogen and oxygen atoms in total. The summed E-state index contributed by atoms with van der Waals surface area (Å²) in [6.07, 6.45) is 0. The van der Waals surface area contributed by atoms with Crippen LogP contribution in [0.1, 0.15) is 38.1 Å². The molecule has 2 N–H and O–H groups in total. The van der Waals surface area contributed by atoms with E-state index in [4.69, 9.17) is 0 Å². The molecule has 0 aliphatic heterocycles. The minimum absolute atomic E-state index is 0.0395. The predicted molar refractivity (Wildman–Crippen MR) is 99.3 cm³/mol. The van der Waals surface area contributed by atoms with Crippen molar-refractivity contribution in [3.63, 3.8) is 0 Å². The van der Waals surface area contributed by atoms with Crippen molar-refractivity contribution in [3.05, 3.63) is 45.8 Å². The highest BCUT2D eigenvalue weighted by molar-refractivity contribution is 7.91. The van der Waals surface area contributed by atoms with Gasteiger partial charge in [0.2, 0.25) is 0 Å². The molecule has 0 aliphatic rings. The number of rotatable bonds is 5. The van der Waals surface area contributed by atoms with Gasteiger partial charge in [-0.25, -0.2) is 8.42 Å². The van der Waals surface area contributed by atoms with Gasteiger partial charge in [0.1, 0.15) is 5.00 Å². The lowest BCUT2D eigenvalue weighted by atomic mass is 10.1. The number of anilines is 1. The second-order valence-electron chi connectivity index (χ2n) is 5.45. The summed E-state index contributed by atoms with van der Waals surface area (Å²) in [5, 5.41) is 5.73. The molecule has 0 saturated heterocycles. The standard InChI is InChI=1S/C17H20N2O4S2/c1-5-25(22,23)13-8-6-7-12(9-13)15(20)19-17-14(16(21)18-4)10(2)11(3)24-17/h6-9H,5H2,1-4H3,(H,18,21)(H,19,20). The molecule has 1 heterocycles. The Morgan fingerprint density at radius 3 is 2.44 bits per heavy atom. The summed E-state index contributed by atoms with van der Waals surface area (Å²) in [7, 11) is -1.87. The maximum absolute atomic E-state index is 12.5. The molecular formula is C17H20N2O4S2. The van der Waals surface area contributed by atoms with Crippen LogP contribution in [-0.2, 0) is 9.84 Å². The summed E-state index contributed by atoms with van der Waals surface area (Å²) < 4.78 is 24.0. The lowest BCUT2D eigenvalue weighted by molar-refractivity contribution is 0.0963. The summed E-state index contributed by atoms with van der Waals surface area (Å²) in [5.74, 6) is -0.776. The molecule has 2 aromatic rings. The molecule has 25 heavy (non-hydrogen) atoms. The first-order valence-electron chi connectivity index (χ1n) is 7.67. The van der Waals surface area contributed by atoms with Crippen LogP contribution in [0.4, 0.5) is 5.00 Å². The van der Waals surface area contributed by atoms with E-state index >= 15 is 0 Å². The molecule has 0 unspecified atom stereocenters. The van der Waals surface area contributed by atoms with E-state index in [0.29, 0.717) is 10.6 Å². The van der Waals surface area contributed by atoms with Crippen LogP contribution in [0, 0.1) is 13.8 Å². The highest BCUT2D eigenvalue weighted by Gasteiger charge is 2.21. The molecule has 2 amide bonds. The molecular weight excluding hydrogens is 360 g/mol. The molecule has 1 aromatic carbocycles. The number of amides is 2. The molecule has 0 spiro atoms. The summed E-state index contributed by atoms with van der Waals surface area (Å²) in [4.78, 5) is 25.6. The van der Waals surface area contributed by atoms with Crippen molar-refractivity contribution in [2.75, 3.05) is 18.1 Å². The lowest BCUT2D eigenvalue weighted by Gasteiger charge is -2.08. The van der Waals surface area contributed by atoms with Crippen LogP contribution in [0.3, 0.4) is 0 Å². The Morgan fingerprint density at radius 1 is 1.16 bits per heavy atom.